The van der Waals surface area contributed by atoms with Gasteiger partial charge in [-0.25, -0.2) is 0 Å². The molecule has 2 aromatic rings. The number of anilines is 1. The molecular weight excluding hydrogens is 304 g/mol. The molecule has 1 aromatic heterocycles. The topological polar surface area (TPSA) is 80.5 Å². The van der Waals surface area contributed by atoms with E-state index in [4.69, 9.17) is 10.5 Å². The fourth-order valence-electron chi connectivity index (χ4n) is 3.05. The van der Waals surface area contributed by atoms with Gasteiger partial charge in [0.2, 0.25) is 0 Å². The van der Waals surface area contributed by atoms with Crippen molar-refractivity contribution >= 4 is 11.6 Å². The van der Waals surface area contributed by atoms with Crippen LogP contribution in [0.15, 0.2) is 48.7 Å². The molecule has 1 fully saturated rings. The van der Waals surface area contributed by atoms with E-state index in [-0.39, 0.29) is 17.8 Å². The van der Waals surface area contributed by atoms with Crippen LogP contribution in [-0.2, 0) is 4.74 Å². The summed E-state index contributed by atoms with van der Waals surface area (Å²) in [6.07, 6.45) is 1.58. The number of pyridine rings is 1. The Morgan fingerprint density at radius 2 is 2.17 bits per heavy atom. The molecule has 0 bridgehead atoms. The maximum absolute atomic E-state index is 11.2. The molecule has 1 amide bonds. The second-order valence-electron chi connectivity index (χ2n) is 5.92. The van der Waals surface area contributed by atoms with Crippen LogP contribution in [0.1, 0.15) is 22.1 Å². The smallest absolute Gasteiger partial charge is 0.267 e. The van der Waals surface area contributed by atoms with Crippen molar-refractivity contribution < 1.29 is 9.53 Å². The lowest BCUT2D eigenvalue weighted by Gasteiger charge is -2.39. The quantitative estimate of drug-likeness (QED) is 0.873. The summed E-state index contributed by atoms with van der Waals surface area (Å²) in [6.45, 7) is 2.23. The number of amides is 1. The zero-order valence-corrected chi connectivity index (χ0v) is 13.7. The van der Waals surface area contributed by atoms with Gasteiger partial charge in [-0.15, -0.1) is 0 Å². The summed E-state index contributed by atoms with van der Waals surface area (Å²) >= 11 is 0. The van der Waals surface area contributed by atoms with Gasteiger partial charge in [-0.1, -0.05) is 30.3 Å². The number of primary amides is 1. The Balaban J connectivity index is 1.72. The number of morpholine rings is 1. The van der Waals surface area contributed by atoms with Gasteiger partial charge in [0, 0.05) is 25.0 Å². The van der Waals surface area contributed by atoms with Crippen LogP contribution in [0.25, 0.3) is 0 Å². The summed E-state index contributed by atoms with van der Waals surface area (Å²) in [5.41, 5.74) is 7.57. The molecule has 0 unspecified atom stereocenters. The molecule has 0 saturated carbocycles. The van der Waals surface area contributed by atoms with Crippen LogP contribution >= 0.6 is 0 Å². The van der Waals surface area contributed by atoms with E-state index in [1.165, 1.54) is 5.56 Å². The molecule has 1 aliphatic rings. The fourth-order valence-corrected chi connectivity index (χ4v) is 3.05. The van der Waals surface area contributed by atoms with Gasteiger partial charge >= 0.3 is 0 Å². The van der Waals surface area contributed by atoms with Gasteiger partial charge in [0.25, 0.3) is 5.91 Å². The van der Waals surface area contributed by atoms with Crippen LogP contribution in [0.2, 0.25) is 0 Å². The number of carbonyl (C=O) groups excluding carboxylic acids is 1. The average Bonchev–Trinajstić information content (AvgIpc) is 2.61. The minimum atomic E-state index is -0.533. The maximum Gasteiger partial charge on any atom is 0.267 e. The standard InChI is InChI=1S/C18H22N4O2/c1-22-9-10-24-16(17(22)13-5-3-2-4-6-13)12-21-14-7-8-20-15(11-14)18(19)23/h2-8,11,16-17H,9-10,12H2,1H3,(H2,19,23)(H,20,21)/t16-,17-/m0/s1. The second kappa shape index (κ2) is 7.42. The number of carbonyl (C=O) groups is 1. The van der Waals surface area contributed by atoms with Crippen molar-refractivity contribution in [1.29, 1.82) is 0 Å². The molecular formula is C18H22N4O2. The Hall–Kier alpha value is -2.44. The molecule has 0 radical (unpaired) electrons. The predicted molar refractivity (Wildman–Crippen MR) is 92.8 cm³/mol. The van der Waals surface area contributed by atoms with Crippen LogP contribution in [0.4, 0.5) is 5.69 Å². The number of nitrogens with two attached hydrogens (primary N) is 1. The number of benzene rings is 1. The van der Waals surface area contributed by atoms with Crippen molar-refractivity contribution in [1.82, 2.24) is 9.88 Å². The van der Waals surface area contributed by atoms with Gasteiger partial charge in [-0.2, -0.15) is 0 Å². The molecule has 0 spiro atoms. The number of nitrogens with zero attached hydrogens (tertiary/aromatic N) is 2. The molecule has 3 N–H and O–H groups in total. The summed E-state index contributed by atoms with van der Waals surface area (Å²) in [4.78, 5) is 17.5. The first-order chi connectivity index (χ1) is 11.6. The molecule has 6 nitrogen and oxygen atoms in total. The number of nitrogens with one attached hydrogen (secondary N) is 1. The average molecular weight is 326 g/mol. The van der Waals surface area contributed by atoms with Gasteiger partial charge in [-0.3, -0.25) is 14.7 Å². The Labute approximate surface area is 141 Å². The van der Waals surface area contributed by atoms with E-state index in [1.807, 2.05) is 24.3 Å². The van der Waals surface area contributed by atoms with E-state index in [0.29, 0.717) is 13.2 Å². The molecule has 24 heavy (non-hydrogen) atoms. The molecule has 0 aliphatic carbocycles. The summed E-state index contributed by atoms with van der Waals surface area (Å²) < 4.78 is 6.00. The predicted octanol–water partition coefficient (Wildman–Crippen LogP) is 1.66. The molecule has 2 heterocycles. The van der Waals surface area contributed by atoms with Gasteiger partial charge < -0.3 is 15.8 Å². The normalized spacial score (nSPS) is 21.4. The third kappa shape index (κ3) is 3.72. The third-order valence-corrected chi connectivity index (χ3v) is 4.26. The Morgan fingerprint density at radius 1 is 1.38 bits per heavy atom. The van der Waals surface area contributed by atoms with Crippen molar-refractivity contribution in [3.8, 4) is 0 Å². The number of rotatable bonds is 5. The highest BCUT2D eigenvalue weighted by Crippen LogP contribution is 2.28. The first-order valence-electron chi connectivity index (χ1n) is 8.01. The largest absolute Gasteiger partial charge is 0.382 e. The van der Waals surface area contributed by atoms with E-state index in [2.05, 4.69) is 34.4 Å². The lowest BCUT2D eigenvalue weighted by Crippen LogP contribution is -2.46. The first-order valence-corrected chi connectivity index (χ1v) is 8.01. The van der Waals surface area contributed by atoms with Gasteiger partial charge in [0.05, 0.1) is 18.8 Å². The lowest BCUT2D eigenvalue weighted by molar-refractivity contribution is -0.0556. The highest BCUT2D eigenvalue weighted by Gasteiger charge is 2.31. The van der Waals surface area contributed by atoms with Crippen molar-refractivity contribution in [3.63, 3.8) is 0 Å². The number of ether oxygens (including phenoxy) is 1. The van der Waals surface area contributed by atoms with E-state index < -0.39 is 5.91 Å². The summed E-state index contributed by atoms with van der Waals surface area (Å²) in [6, 6.07) is 14.0. The van der Waals surface area contributed by atoms with Gasteiger partial charge in [0.1, 0.15) is 5.69 Å². The molecule has 6 heteroatoms. The Morgan fingerprint density at radius 3 is 2.92 bits per heavy atom. The molecule has 1 aromatic carbocycles. The van der Waals surface area contributed by atoms with E-state index >= 15 is 0 Å². The Bertz CT molecular complexity index is 692. The number of hydrogen-bond acceptors (Lipinski definition) is 5. The number of hydrogen-bond donors (Lipinski definition) is 2. The van der Waals surface area contributed by atoms with E-state index in [9.17, 15) is 4.79 Å². The highest BCUT2D eigenvalue weighted by atomic mass is 16.5. The summed E-state index contributed by atoms with van der Waals surface area (Å²) in [5, 5.41) is 3.33. The van der Waals surface area contributed by atoms with E-state index in [1.54, 1.807) is 12.3 Å². The fraction of sp³-hybridized carbons (Fsp3) is 0.333. The van der Waals surface area contributed by atoms with Crippen LogP contribution in [-0.4, -0.2) is 48.6 Å². The Kier molecular flexibility index (Phi) is 5.08. The van der Waals surface area contributed by atoms with Crippen LogP contribution < -0.4 is 11.1 Å². The van der Waals surface area contributed by atoms with Gasteiger partial charge in [0.15, 0.2) is 0 Å². The summed E-state index contributed by atoms with van der Waals surface area (Å²) in [7, 11) is 2.12. The van der Waals surface area contributed by atoms with Crippen molar-refractivity contribution in [2.45, 2.75) is 12.1 Å². The van der Waals surface area contributed by atoms with Crippen LogP contribution in [0.3, 0.4) is 0 Å². The minimum absolute atomic E-state index is 0.0105. The first kappa shape index (κ1) is 16.4. The highest BCUT2D eigenvalue weighted by molar-refractivity contribution is 5.91. The van der Waals surface area contributed by atoms with Crippen molar-refractivity contribution in [2.75, 3.05) is 32.1 Å². The number of likely N-dealkylation sites (N-methyl/N-ethyl adjacent to an activating group) is 1. The zero-order chi connectivity index (χ0) is 16.9. The van der Waals surface area contributed by atoms with Crippen LogP contribution in [0, 0.1) is 0 Å². The summed E-state index contributed by atoms with van der Waals surface area (Å²) in [5.74, 6) is -0.533. The second-order valence-corrected chi connectivity index (χ2v) is 5.92. The molecule has 1 aliphatic heterocycles. The molecule has 126 valence electrons. The SMILES string of the molecule is CN1CCO[C@@H](CNc2ccnc(C(N)=O)c2)[C@@H]1c1ccccc1. The zero-order valence-electron chi connectivity index (χ0n) is 13.7. The van der Waals surface area contributed by atoms with E-state index in [0.717, 1.165) is 12.2 Å². The molecule has 3 rings (SSSR count). The number of aromatic nitrogens is 1. The van der Waals surface area contributed by atoms with Crippen molar-refractivity contribution in [2.24, 2.45) is 5.73 Å². The monoisotopic (exact) mass is 326 g/mol. The lowest BCUT2D eigenvalue weighted by atomic mass is 9.98. The molecule has 2 atom stereocenters. The van der Waals surface area contributed by atoms with Crippen LogP contribution in [0.5, 0.6) is 0 Å². The van der Waals surface area contributed by atoms with Gasteiger partial charge in [-0.05, 0) is 24.7 Å². The van der Waals surface area contributed by atoms with Crippen molar-refractivity contribution in [3.05, 3.63) is 59.9 Å². The molecule has 1 saturated heterocycles. The maximum atomic E-state index is 11.2. The third-order valence-electron chi connectivity index (χ3n) is 4.26. The minimum Gasteiger partial charge on any atom is -0.382 e.